The molecule has 0 unspecified atom stereocenters. The Balaban J connectivity index is 1.90. The van der Waals surface area contributed by atoms with Gasteiger partial charge >= 0.3 is 0 Å². The van der Waals surface area contributed by atoms with Gasteiger partial charge in [0.2, 0.25) is 17.3 Å². The number of hydrogen-bond donors (Lipinski definition) is 1. The highest BCUT2D eigenvalue weighted by Crippen LogP contribution is 2.38. The zero-order valence-electron chi connectivity index (χ0n) is 16.8. The van der Waals surface area contributed by atoms with Crippen LogP contribution in [0.1, 0.15) is 47.4 Å². The van der Waals surface area contributed by atoms with E-state index in [0.29, 0.717) is 5.56 Å². The predicted molar refractivity (Wildman–Crippen MR) is 118 cm³/mol. The van der Waals surface area contributed by atoms with Gasteiger partial charge in [-0.3, -0.25) is 4.79 Å². The van der Waals surface area contributed by atoms with Crippen LogP contribution in [0, 0.1) is 0 Å². The zero-order chi connectivity index (χ0) is 20.8. The molecule has 146 valence electrons. The first-order chi connectivity index (χ1) is 13.8. The number of ether oxygens (including phenoxy) is 1. The Bertz CT molecular complexity index is 1180. The number of nitrogens with zero attached hydrogens (tertiary/aromatic N) is 2. The van der Waals surface area contributed by atoms with Gasteiger partial charge in [0.1, 0.15) is 16.3 Å². The third kappa shape index (κ3) is 3.48. The topological polar surface area (TPSA) is 68.2 Å². The molecule has 1 aliphatic rings. The zero-order valence-corrected chi connectivity index (χ0v) is 17.6. The molecule has 0 fully saturated rings. The van der Waals surface area contributed by atoms with Crippen molar-refractivity contribution in [1.82, 2.24) is 9.56 Å². The van der Waals surface area contributed by atoms with Crippen molar-refractivity contribution in [2.75, 3.05) is 7.11 Å². The van der Waals surface area contributed by atoms with E-state index < -0.39 is 5.91 Å². The van der Waals surface area contributed by atoms with Crippen LogP contribution >= 0.6 is 11.3 Å². The lowest BCUT2D eigenvalue weighted by Crippen LogP contribution is -2.12. The summed E-state index contributed by atoms with van der Waals surface area (Å²) < 4.78 is 7.20. The van der Waals surface area contributed by atoms with Crippen LogP contribution < -0.4 is 15.0 Å². The highest BCUT2D eigenvalue weighted by atomic mass is 32.1. The van der Waals surface area contributed by atoms with E-state index >= 15 is 0 Å². The molecule has 1 aliphatic heterocycles. The molecule has 2 N–H and O–H groups in total. The minimum Gasteiger partial charge on any atom is -0.497 e. The molecule has 1 amide bonds. The van der Waals surface area contributed by atoms with E-state index in [4.69, 9.17) is 15.5 Å². The first-order valence-corrected chi connectivity index (χ1v) is 10.1. The Morgan fingerprint density at radius 1 is 1.17 bits per heavy atom. The van der Waals surface area contributed by atoms with Gasteiger partial charge in [-0.2, -0.15) is 0 Å². The number of thiazole rings is 1. The number of rotatable bonds is 4. The fourth-order valence-electron chi connectivity index (χ4n) is 3.14. The fraction of sp³-hybridized carbons (Fsp3) is 0.217. The van der Waals surface area contributed by atoms with Gasteiger partial charge in [0.25, 0.3) is 0 Å². The number of amides is 1. The van der Waals surface area contributed by atoms with E-state index in [-0.39, 0.29) is 5.41 Å². The van der Waals surface area contributed by atoms with Crippen molar-refractivity contribution in [2.24, 2.45) is 5.73 Å². The molecule has 6 heteroatoms. The van der Waals surface area contributed by atoms with Crippen molar-refractivity contribution in [1.29, 1.82) is 0 Å². The van der Waals surface area contributed by atoms with Gasteiger partial charge in [0.15, 0.2) is 5.87 Å². The molecule has 2 heterocycles. The number of fused-ring (bicyclic) bond motifs is 1. The van der Waals surface area contributed by atoms with Crippen LogP contribution in [0.25, 0.3) is 5.57 Å². The molecule has 0 bridgehead atoms. The maximum Gasteiger partial charge on any atom is 0.248 e. The first kappa shape index (κ1) is 19.1. The number of carbonyl (C=O) groups is 1. The smallest absolute Gasteiger partial charge is 0.248 e. The lowest BCUT2D eigenvalue weighted by molar-refractivity contribution is 0.100. The second kappa shape index (κ2) is 6.99. The SMILES string of the molecule is COc1ccc([N+]2=C=C(c3nc(C(C)(C)C)cs3)c3ccc(C(N)=O)cc32)cc1. The molecule has 4 rings (SSSR count). The van der Waals surface area contributed by atoms with Crippen LogP contribution in [0.2, 0.25) is 0 Å². The molecule has 0 aliphatic carbocycles. The molecule has 5 nitrogen and oxygen atoms in total. The summed E-state index contributed by atoms with van der Waals surface area (Å²) in [7, 11) is 1.64. The second-order valence-electron chi connectivity index (χ2n) is 7.90. The number of benzene rings is 2. The van der Waals surface area contributed by atoms with Gasteiger partial charge in [-0.05, 0) is 24.3 Å². The summed E-state index contributed by atoms with van der Waals surface area (Å²) >= 11 is 1.60. The highest BCUT2D eigenvalue weighted by molar-refractivity contribution is 7.11. The van der Waals surface area contributed by atoms with Crippen LogP contribution in [0.5, 0.6) is 5.75 Å². The number of hydrogen-bond acceptors (Lipinski definition) is 4. The normalized spacial score (nSPS) is 13.0. The Kier molecular flexibility index (Phi) is 4.61. The molecular weight excluding hydrogens is 382 g/mol. The number of primary amides is 1. The first-order valence-electron chi connectivity index (χ1n) is 9.26. The summed E-state index contributed by atoms with van der Waals surface area (Å²) in [6.45, 7) is 6.44. The van der Waals surface area contributed by atoms with Crippen LogP contribution in [0.3, 0.4) is 0 Å². The van der Waals surface area contributed by atoms with E-state index in [1.807, 2.05) is 34.9 Å². The Morgan fingerprint density at radius 3 is 2.48 bits per heavy atom. The molecule has 29 heavy (non-hydrogen) atoms. The maximum atomic E-state index is 11.7. The average molecular weight is 405 g/mol. The van der Waals surface area contributed by atoms with E-state index in [9.17, 15) is 4.79 Å². The second-order valence-corrected chi connectivity index (χ2v) is 8.76. The minimum atomic E-state index is -0.458. The molecule has 0 saturated heterocycles. The van der Waals surface area contributed by atoms with Crippen molar-refractivity contribution in [3.05, 3.63) is 69.7 Å². The van der Waals surface area contributed by atoms with Gasteiger partial charge in [0, 0.05) is 34.6 Å². The maximum absolute atomic E-state index is 11.7. The van der Waals surface area contributed by atoms with Crippen molar-refractivity contribution in [3.8, 4) is 5.75 Å². The van der Waals surface area contributed by atoms with Crippen molar-refractivity contribution >= 4 is 40.1 Å². The van der Waals surface area contributed by atoms with Gasteiger partial charge in [0.05, 0.1) is 18.4 Å². The monoisotopic (exact) mass is 404 g/mol. The molecule has 2 aromatic carbocycles. The summed E-state index contributed by atoms with van der Waals surface area (Å²) in [5, 5.41) is 3.00. The standard InChI is InChI=1S/C23H21N3O2S/c1-23(2,3)20-13-29-22(25-20)18-12-26(15-6-8-16(28-4)9-7-15)19-11-14(21(24)27)5-10-17(18)19/h5-11,13H,1-4H3,(H-,24,27)/p+1. The lowest BCUT2D eigenvalue weighted by atomic mass is 9.93. The number of carbonyl (C=O) groups excluding carboxylic acids is 1. The van der Waals surface area contributed by atoms with E-state index in [1.54, 1.807) is 30.6 Å². The highest BCUT2D eigenvalue weighted by Gasteiger charge is 2.31. The predicted octanol–water partition coefficient (Wildman–Crippen LogP) is 4.50. The van der Waals surface area contributed by atoms with Crippen molar-refractivity contribution in [2.45, 2.75) is 26.2 Å². The van der Waals surface area contributed by atoms with E-state index in [1.165, 1.54) is 0 Å². The molecule has 3 aromatic rings. The fourth-order valence-corrected chi connectivity index (χ4v) is 4.20. The third-order valence-electron chi connectivity index (χ3n) is 4.83. The molecule has 0 spiro atoms. The number of methoxy groups -OCH3 is 1. The summed E-state index contributed by atoms with van der Waals surface area (Å²) in [5.74, 6) is 3.78. The molecule has 0 radical (unpaired) electrons. The molecule has 0 atom stereocenters. The molecule has 0 saturated carbocycles. The summed E-state index contributed by atoms with van der Waals surface area (Å²) in [5.41, 5.74) is 10.6. The third-order valence-corrected chi connectivity index (χ3v) is 5.69. The van der Waals surface area contributed by atoms with Crippen molar-refractivity contribution < 1.29 is 9.53 Å². The Morgan fingerprint density at radius 2 is 1.90 bits per heavy atom. The van der Waals surface area contributed by atoms with Crippen LogP contribution in [0.15, 0.2) is 47.8 Å². The summed E-state index contributed by atoms with van der Waals surface area (Å²) in [4.78, 5) is 16.6. The quantitative estimate of drug-likeness (QED) is 0.509. The molecular formula is C23H22N3O2S+. The lowest BCUT2D eigenvalue weighted by Gasteiger charge is -2.14. The summed E-state index contributed by atoms with van der Waals surface area (Å²) in [6.07, 6.45) is 0. The average Bonchev–Trinajstić information content (AvgIpc) is 3.32. The largest absolute Gasteiger partial charge is 0.497 e. The van der Waals surface area contributed by atoms with Gasteiger partial charge < -0.3 is 10.5 Å². The number of aromatic nitrogens is 1. The minimum absolute atomic E-state index is 0.0256. The van der Waals surface area contributed by atoms with E-state index in [0.717, 1.165) is 39.0 Å². The van der Waals surface area contributed by atoms with E-state index in [2.05, 4.69) is 32.0 Å². The summed E-state index contributed by atoms with van der Waals surface area (Å²) in [6, 6.07) is 13.2. The Hall–Kier alpha value is -3.21. The van der Waals surface area contributed by atoms with Crippen LogP contribution in [-0.4, -0.2) is 23.9 Å². The Labute approximate surface area is 173 Å². The van der Waals surface area contributed by atoms with Gasteiger partial charge in [-0.25, -0.2) is 4.98 Å². The van der Waals surface area contributed by atoms with Gasteiger partial charge in [-0.15, -0.1) is 15.9 Å². The molecule has 1 aromatic heterocycles. The number of nitrogens with two attached hydrogens (primary N) is 1. The van der Waals surface area contributed by atoms with Gasteiger partial charge in [-0.1, -0.05) is 20.8 Å². The van der Waals surface area contributed by atoms with Crippen molar-refractivity contribution in [3.63, 3.8) is 0 Å². The van der Waals surface area contributed by atoms with Crippen LogP contribution in [0.4, 0.5) is 11.4 Å². The van der Waals surface area contributed by atoms with Crippen LogP contribution in [-0.2, 0) is 5.41 Å².